The molecule has 0 amide bonds. The second kappa shape index (κ2) is 6.13. The normalized spacial score (nSPS) is 15.8. The van der Waals surface area contributed by atoms with E-state index in [1.54, 1.807) is 50.3 Å². The number of hydrogen-bond acceptors (Lipinski definition) is 3. The van der Waals surface area contributed by atoms with Gasteiger partial charge in [-0.15, -0.1) is 0 Å². The van der Waals surface area contributed by atoms with Crippen LogP contribution in [0.25, 0.3) is 0 Å². The van der Waals surface area contributed by atoms with Gasteiger partial charge in [-0.1, -0.05) is 29.8 Å². The highest BCUT2D eigenvalue weighted by Gasteiger charge is 2.15. The average molecular weight is 269 g/mol. The summed E-state index contributed by atoms with van der Waals surface area (Å²) >= 11 is 0. The summed E-state index contributed by atoms with van der Waals surface area (Å²) in [6.45, 7) is 5.22. The predicted molar refractivity (Wildman–Crippen MR) is 71.8 cm³/mol. The van der Waals surface area contributed by atoms with Gasteiger partial charge in [0, 0.05) is 6.04 Å². The van der Waals surface area contributed by atoms with Crippen LogP contribution < -0.4 is 4.72 Å². The predicted octanol–water partition coefficient (Wildman–Crippen LogP) is 1.60. The third-order valence-corrected chi connectivity index (χ3v) is 3.93. The monoisotopic (exact) mass is 269 g/mol. The number of benzene rings is 1. The molecular weight excluding hydrogens is 250 g/mol. The van der Waals surface area contributed by atoms with E-state index < -0.39 is 16.1 Å². The minimum atomic E-state index is -3.51. The molecule has 0 unspecified atom stereocenters. The lowest BCUT2D eigenvalue weighted by molar-refractivity contribution is 0.243. The Bertz CT molecular complexity index is 504. The first-order valence-electron chi connectivity index (χ1n) is 5.76. The Kier molecular flexibility index (Phi) is 5.07. The van der Waals surface area contributed by atoms with E-state index in [9.17, 15) is 8.42 Å². The van der Waals surface area contributed by atoms with E-state index in [0.717, 1.165) is 5.56 Å². The van der Waals surface area contributed by atoms with Gasteiger partial charge in [0.2, 0.25) is 10.0 Å². The van der Waals surface area contributed by atoms with Gasteiger partial charge < -0.3 is 5.11 Å². The van der Waals surface area contributed by atoms with Crippen molar-refractivity contribution in [3.63, 3.8) is 0 Å². The maximum atomic E-state index is 12.0. The summed E-state index contributed by atoms with van der Waals surface area (Å²) in [6, 6.07) is 6.28. The van der Waals surface area contributed by atoms with Gasteiger partial charge in [0.1, 0.15) is 0 Å². The number of nitrogens with one attached hydrogen (secondary N) is 1. The maximum Gasteiger partial charge on any atom is 0.241 e. The number of rotatable bonds is 5. The fraction of sp³-hybridized carbons (Fsp3) is 0.385. The third kappa shape index (κ3) is 4.60. The second-order valence-corrected chi connectivity index (χ2v) is 6.06. The fourth-order valence-electron chi connectivity index (χ4n) is 1.40. The van der Waals surface area contributed by atoms with Gasteiger partial charge in [0.15, 0.2) is 0 Å². The Labute approximate surface area is 108 Å². The van der Waals surface area contributed by atoms with Crippen molar-refractivity contribution in [1.82, 2.24) is 4.72 Å². The summed E-state index contributed by atoms with van der Waals surface area (Å²) in [4.78, 5) is 0.241. The largest absolute Gasteiger partial charge is 0.389 e. The van der Waals surface area contributed by atoms with Gasteiger partial charge in [-0.05, 0) is 32.9 Å². The fourth-order valence-corrected chi connectivity index (χ4v) is 2.60. The molecule has 1 rings (SSSR count). The third-order valence-electron chi connectivity index (χ3n) is 2.35. The van der Waals surface area contributed by atoms with Crippen LogP contribution >= 0.6 is 0 Å². The lowest BCUT2D eigenvalue weighted by Gasteiger charge is -2.11. The molecule has 0 radical (unpaired) electrons. The first kappa shape index (κ1) is 14.9. The smallest absolute Gasteiger partial charge is 0.241 e. The van der Waals surface area contributed by atoms with Crippen LogP contribution in [0.5, 0.6) is 0 Å². The Balaban J connectivity index is 2.79. The zero-order chi connectivity index (χ0) is 13.8. The number of hydrogen-bond donors (Lipinski definition) is 2. The van der Waals surface area contributed by atoms with Gasteiger partial charge in [0.05, 0.1) is 11.0 Å². The minimum absolute atomic E-state index is 0.241. The number of aliphatic hydroxyl groups excluding tert-OH is 1. The number of aliphatic hydroxyl groups is 1. The van der Waals surface area contributed by atoms with Gasteiger partial charge >= 0.3 is 0 Å². The van der Waals surface area contributed by atoms with Gasteiger partial charge in [-0.2, -0.15) is 0 Å². The van der Waals surface area contributed by atoms with E-state index in [-0.39, 0.29) is 10.9 Å². The highest BCUT2D eigenvalue weighted by Crippen LogP contribution is 2.10. The van der Waals surface area contributed by atoms with Crippen LogP contribution in [0.4, 0.5) is 0 Å². The van der Waals surface area contributed by atoms with Crippen molar-refractivity contribution in [2.24, 2.45) is 0 Å². The zero-order valence-corrected chi connectivity index (χ0v) is 11.6. The summed E-state index contributed by atoms with van der Waals surface area (Å²) in [5.41, 5.74) is 1.01. The molecule has 4 nitrogen and oxygen atoms in total. The van der Waals surface area contributed by atoms with Crippen LogP contribution in [0, 0.1) is 6.92 Å². The SMILES string of the molecule is Cc1ccc(S(=O)(=O)N[C@@H](C)/C=C/[C@@H](C)O)cc1. The van der Waals surface area contributed by atoms with Crippen molar-refractivity contribution in [1.29, 1.82) is 0 Å². The van der Waals surface area contributed by atoms with E-state index in [2.05, 4.69) is 4.72 Å². The van der Waals surface area contributed by atoms with Crippen molar-refractivity contribution in [2.45, 2.75) is 37.8 Å². The van der Waals surface area contributed by atoms with Crippen LogP contribution in [0.2, 0.25) is 0 Å². The van der Waals surface area contributed by atoms with E-state index in [4.69, 9.17) is 5.11 Å². The summed E-state index contributed by atoms with van der Waals surface area (Å²) in [7, 11) is -3.51. The summed E-state index contributed by atoms with van der Waals surface area (Å²) in [5.74, 6) is 0. The zero-order valence-electron chi connectivity index (χ0n) is 10.8. The summed E-state index contributed by atoms with van der Waals surface area (Å²) < 4.78 is 26.5. The lowest BCUT2D eigenvalue weighted by Crippen LogP contribution is -2.31. The van der Waals surface area contributed by atoms with Gasteiger partial charge in [-0.25, -0.2) is 13.1 Å². The van der Waals surface area contributed by atoms with E-state index in [1.807, 2.05) is 6.92 Å². The van der Waals surface area contributed by atoms with Crippen molar-refractivity contribution in [3.05, 3.63) is 42.0 Å². The Morgan fingerprint density at radius 3 is 2.22 bits per heavy atom. The minimum Gasteiger partial charge on any atom is -0.389 e. The molecule has 2 atom stereocenters. The number of sulfonamides is 1. The standard InChI is InChI=1S/C13H19NO3S/c1-10-4-8-13(9-5-10)18(16,17)14-11(2)6-7-12(3)15/h4-9,11-12,14-15H,1-3H3/b7-6+/t11-,12+/m0/s1. The molecular formula is C13H19NO3S. The van der Waals surface area contributed by atoms with E-state index in [0.29, 0.717) is 0 Å². The van der Waals surface area contributed by atoms with E-state index in [1.165, 1.54) is 0 Å². The van der Waals surface area contributed by atoms with Crippen LogP contribution in [-0.4, -0.2) is 25.7 Å². The summed E-state index contributed by atoms with van der Waals surface area (Å²) in [6.07, 6.45) is 2.58. The summed E-state index contributed by atoms with van der Waals surface area (Å²) in [5, 5.41) is 9.08. The Morgan fingerprint density at radius 2 is 1.72 bits per heavy atom. The quantitative estimate of drug-likeness (QED) is 0.798. The molecule has 0 spiro atoms. The van der Waals surface area contributed by atoms with Crippen LogP contribution in [0.1, 0.15) is 19.4 Å². The molecule has 0 saturated heterocycles. The van der Waals surface area contributed by atoms with Crippen LogP contribution in [-0.2, 0) is 10.0 Å². The van der Waals surface area contributed by atoms with Gasteiger partial charge in [-0.3, -0.25) is 0 Å². The average Bonchev–Trinajstić information content (AvgIpc) is 2.26. The second-order valence-electron chi connectivity index (χ2n) is 4.35. The Morgan fingerprint density at radius 1 is 1.17 bits per heavy atom. The molecule has 0 saturated carbocycles. The molecule has 0 fully saturated rings. The molecule has 18 heavy (non-hydrogen) atoms. The molecule has 0 aliphatic heterocycles. The molecule has 100 valence electrons. The van der Waals surface area contributed by atoms with Crippen LogP contribution in [0.15, 0.2) is 41.3 Å². The molecule has 1 aromatic carbocycles. The van der Waals surface area contributed by atoms with Crippen LogP contribution in [0.3, 0.4) is 0 Å². The molecule has 5 heteroatoms. The van der Waals surface area contributed by atoms with Crippen molar-refractivity contribution in [2.75, 3.05) is 0 Å². The first-order valence-corrected chi connectivity index (χ1v) is 7.25. The van der Waals surface area contributed by atoms with Crippen molar-refractivity contribution < 1.29 is 13.5 Å². The molecule has 2 N–H and O–H groups in total. The molecule has 0 bridgehead atoms. The topological polar surface area (TPSA) is 66.4 Å². The Hall–Kier alpha value is -1.17. The molecule has 0 aliphatic rings. The lowest BCUT2D eigenvalue weighted by atomic mass is 10.2. The molecule has 0 aliphatic carbocycles. The van der Waals surface area contributed by atoms with Crippen molar-refractivity contribution in [3.8, 4) is 0 Å². The van der Waals surface area contributed by atoms with Crippen molar-refractivity contribution >= 4 is 10.0 Å². The highest BCUT2D eigenvalue weighted by molar-refractivity contribution is 7.89. The van der Waals surface area contributed by atoms with E-state index >= 15 is 0 Å². The highest BCUT2D eigenvalue weighted by atomic mass is 32.2. The molecule has 0 aromatic heterocycles. The molecule has 1 aromatic rings. The maximum absolute atomic E-state index is 12.0. The molecule has 0 heterocycles. The van der Waals surface area contributed by atoms with Gasteiger partial charge in [0.25, 0.3) is 0 Å². The first-order chi connectivity index (χ1) is 8.31. The number of aryl methyl sites for hydroxylation is 1.